The van der Waals surface area contributed by atoms with Gasteiger partial charge < -0.3 is 31.1 Å². The van der Waals surface area contributed by atoms with Gasteiger partial charge in [0.2, 0.25) is 29.5 Å². The van der Waals surface area contributed by atoms with Crippen LogP contribution in [0.2, 0.25) is 0 Å². The van der Waals surface area contributed by atoms with Crippen molar-refractivity contribution >= 4 is 29.5 Å². The highest BCUT2D eigenvalue weighted by Crippen LogP contribution is 2.27. The third-order valence-corrected chi connectivity index (χ3v) is 13.0. The minimum absolute atomic E-state index is 0.0134. The first kappa shape index (κ1) is 50.7. The molecule has 3 heterocycles. The Bertz CT molecular complexity index is 1180. The van der Waals surface area contributed by atoms with Crippen LogP contribution < -0.4 is 21.3 Å². The monoisotopic (exact) mass is 829 g/mol. The number of nitrogens with zero attached hydrogens (tertiary/aromatic N) is 2. The average Bonchev–Trinajstić information content (AvgIpc) is 4.06. The molecular weight excluding hydrogens is 741 g/mol. The summed E-state index contributed by atoms with van der Waals surface area (Å²) in [5.74, 6) is -0.923. The van der Waals surface area contributed by atoms with Crippen molar-refractivity contribution in [2.24, 2.45) is 0 Å². The second-order valence-electron chi connectivity index (χ2n) is 18.0. The molecule has 4 atom stereocenters. The summed E-state index contributed by atoms with van der Waals surface area (Å²) in [5, 5.41) is 12.3. The molecule has 0 aromatic carbocycles. The Kier molecular flexibility index (Phi) is 27.5. The molecule has 0 spiro atoms. The fourth-order valence-electron chi connectivity index (χ4n) is 9.27. The predicted molar refractivity (Wildman–Crippen MR) is 240 cm³/mol. The quantitative estimate of drug-likeness (QED) is 0.0479. The lowest BCUT2D eigenvalue weighted by molar-refractivity contribution is -0.147. The van der Waals surface area contributed by atoms with E-state index in [4.69, 9.17) is 0 Å². The Balaban J connectivity index is 1.43. The zero-order valence-corrected chi connectivity index (χ0v) is 37.9. The molecule has 340 valence electrons. The van der Waals surface area contributed by atoms with Gasteiger partial charge in [-0.25, -0.2) is 0 Å². The molecule has 11 nitrogen and oxygen atoms in total. The van der Waals surface area contributed by atoms with Gasteiger partial charge >= 0.3 is 0 Å². The number of hydrogen-bond donors (Lipinski definition) is 4. The SMILES string of the molecule is CCCCCCCCCCCCCCNC(=O)CCC(NC(=O)C1CCCN1C(=O)C1CCCN1C(=O)C1CCCN1)C(=O)NCCCCCCCCCCCCCC. The van der Waals surface area contributed by atoms with Gasteiger partial charge in [-0.05, 0) is 64.3 Å². The van der Waals surface area contributed by atoms with Crippen LogP contribution >= 0.6 is 0 Å². The standard InChI is InChI=1S/C48H88N6O5/c1-3-5-7-9-11-13-15-17-19-21-23-25-35-50-44(55)34-33-40(45(56)51-36-26-24-22-20-18-16-14-12-10-8-6-4-2)52-46(57)42-31-28-38-53(42)48(59)43-32-29-39-54(43)47(58)41-30-27-37-49-41/h40-43,49H,3-39H2,1-2H3,(H,50,55)(H,51,56)(H,52,57). The van der Waals surface area contributed by atoms with E-state index in [1.165, 1.54) is 122 Å². The molecule has 3 fully saturated rings. The number of rotatable bonds is 34. The summed E-state index contributed by atoms with van der Waals surface area (Å²) in [6.45, 7) is 7.48. The molecule has 0 bridgehead atoms. The third kappa shape index (κ3) is 20.6. The van der Waals surface area contributed by atoms with Crippen LogP contribution in [0.4, 0.5) is 0 Å². The van der Waals surface area contributed by atoms with E-state index in [1.54, 1.807) is 9.80 Å². The van der Waals surface area contributed by atoms with Gasteiger partial charge in [-0.2, -0.15) is 0 Å². The Morgan fingerprint density at radius 3 is 1.49 bits per heavy atom. The molecule has 5 amide bonds. The zero-order chi connectivity index (χ0) is 42.3. The van der Waals surface area contributed by atoms with Crippen LogP contribution in [0, 0.1) is 0 Å². The number of likely N-dealkylation sites (tertiary alicyclic amines) is 2. The topological polar surface area (TPSA) is 140 Å². The molecule has 3 saturated heterocycles. The predicted octanol–water partition coefficient (Wildman–Crippen LogP) is 8.62. The van der Waals surface area contributed by atoms with Gasteiger partial charge in [-0.1, -0.05) is 155 Å². The van der Waals surface area contributed by atoms with Crippen molar-refractivity contribution in [1.29, 1.82) is 0 Å². The van der Waals surface area contributed by atoms with E-state index >= 15 is 0 Å². The van der Waals surface area contributed by atoms with E-state index in [2.05, 4.69) is 35.1 Å². The van der Waals surface area contributed by atoms with Crippen LogP contribution in [0.3, 0.4) is 0 Å². The fourth-order valence-corrected chi connectivity index (χ4v) is 9.27. The van der Waals surface area contributed by atoms with E-state index in [-0.39, 0.29) is 48.4 Å². The second kappa shape index (κ2) is 32.1. The number of unbranched alkanes of at least 4 members (excludes halogenated alkanes) is 22. The molecule has 4 unspecified atom stereocenters. The number of hydrogen-bond acceptors (Lipinski definition) is 6. The smallest absolute Gasteiger partial charge is 0.246 e. The van der Waals surface area contributed by atoms with Crippen LogP contribution in [-0.2, 0) is 24.0 Å². The van der Waals surface area contributed by atoms with Crippen molar-refractivity contribution in [3.05, 3.63) is 0 Å². The lowest BCUT2D eigenvalue weighted by atomic mass is 10.1. The summed E-state index contributed by atoms with van der Waals surface area (Å²) in [6, 6.07) is -2.36. The second-order valence-corrected chi connectivity index (χ2v) is 18.0. The summed E-state index contributed by atoms with van der Waals surface area (Å²) in [4.78, 5) is 71.0. The van der Waals surface area contributed by atoms with E-state index in [0.717, 1.165) is 57.9 Å². The van der Waals surface area contributed by atoms with Gasteiger partial charge in [0.05, 0.1) is 6.04 Å². The van der Waals surface area contributed by atoms with E-state index in [9.17, 15) is 24.0 Å². The number of carbonyl (C=O) groups is 5. The molecule has 0 radical (unpaired) electrons. The molecule has 3 aliphatic rings. The maximum Gasteiger partial charge on any atom is 0.246 e. The van der Waals surface area contributed by atoms with Crippen LogP contribution in [0.15, 0.2) is 0 Å². The summed E-state index contributed by atoms with van der Waals surface area (Å²) in [6.07, 6.45) is 34.7. The van der Waals surface area contributed by atoms with Crippen molar-refractivity contribution in [2.75, 3.05) is 32.7 Å². The molecule has 4 N–H and O–H groups in total. The first-order chi connectivity index (χ1) is 28.9. The van der Waals surface area contributed by atoms with Gasteiger partial charge in [-0.15, -0.1) is 0 Å². The average molecular weight is 829 g/mol. The Morgan fingerprint density at radius 2 is 1.00 bits per heavy atom. The molecule has 3 aliphatic heterocycles. The summed E-state index contributed by atoms with van der Waals surface area (Å²) < 4.78 is 0. The lowest BCUT2D eigenvalue weighted by Gasteiger charge is -2.32. The molecular formula is C48H88N6O5. The minimum Gasteiger partial charge on any atom is -0.356 e. The van der Waals surface area contributed by atoms with Crippen molar-refractivity contribution in [2.45, 2.75) is 243 Å². The van der Waals surface area contributed by atoms with Crippen molar-refractivity contribution in [3.63, 3.8) is 0 Å². The van der Waals surface area contributed by atoms with Gasteiger partial charge in [0, 0.05) is 32.6 Å². The Morgan fingerprint density at radius 1 is 0.542 bits per heavy atom. The number of carbonyl (C=O) groups excluding carboxylic acids is 5. The van der Waals surface area contributed by atoms with Gasteiger partial charge in [0.25, 0.3) is 0 Å². The largest absolute Gasteiger partial charge is 0.356 e. The van der Waals surface area contributed by atoms with Crippen LogP contribution in [-0.4, -0.2) is 96.2 Å². The maximum atomic E-state index is 13.9. The highest BCUT2D eigenvalue weighted by molar-refractivity contribution is 5.95. The number of nitrogens with one attached hydrogen (secondary N) is 4. The van der Waals surface area contributed by atoms with Gasteiger partial charge in [0.1, 0.15) is 18.1 Å². The van der Waals surface area contributed by atoms with E-state index in [1.807, 2.05) is 0 Å². The van der Waals surface area contributed by atoms with E-state index < -0.39 is 18.1 Å². The fraction of sp³-hybridized carbons (Fsp3) is 0.896. The first-order valence-corrected chi connectivity index (χ1v) is 25.1. The Labute approximate surface area is 359 Å². The summed E-state index contributed by atoms with van der Waals surface area (Å²) in [7, 11) is 0. The van der Waals surface area contributed by atoms with Crippen LogP contribution in [0.5, 0.6) is 0 Å². The lowest BCUT2D eigenvalue weighted by Crippen LogP contribution is -2.57. The molecule has 59 heavy (non-hydrogen) atoms. The normalized spacial score (nSPS) is 19.6. The Hall–Kier alpha value is -2.69. The van der Waals surface area contributed by atoms with Crippen molar-refractivity contribution in [1.82, 2.24) is 31.1 Å². The highest BCUT2D eigenvalue weighted by Gasteiger charge is 2.44. The zero-order valence-electron chi connectivity index (χ0n) is 37.9. The summed E-state index contributed by atoms with van der Waals surface area (Å²) >= 11 is 0. The molecule has 0 aromatic rings. The number of amides is 5. The highest BCUT2D eigenvalue weighted by atomic mass is 16.2. The first-order valence-electron chi connectivity index (χ1n) is 25.1. The molecule has 0 aromatic heterocycles. The van der Waals surface area contributed by atoms with Gasteiger partial charge in [-0.3, -0.25) is 24.0 Å². The molecule has 11 heteroatoms. The van der Waals surface area contributed by atoms with Gasteiger partial charge in [0.15, 0.2) is 0 Å². The molecule has 0 saturated carbocycles. The van der Waals surface area contributed by atoms with Crippen LogP contribution in [0.1, 0.15) is 219 Å². The molecule has 0 aliphatic carbocycles. The summed E-state index contributed by atoms with van der Waals surface area (Å²) in [5.41, 5.74) is 0. The van der Waals surface area contributed by atoms with E-state index in [0.29, 0.717) is 45.4 Å². The third-order valence-electron chi connectivity index (χ3n) is 13.0. The minimum atomic E-state index is -0.868. The van der Waals surface area contributed by atoms with Crippen LogP contribution in [0.25, 0.3) is 0 Å². The molecule has 3 rings (SSSR count). The van der Waals surface area contributed by atoms with Crippen molar-refractivity contribution in [3.8, 4) is 0 Å². The maximum absolute atomic E-state index is 13.9. The van der Waals surface area contributed by atoms with Crippen molar-refractivity contribution < 1.29 is 24.0 Å².